The normalized spacial score (nSPS) is 11.4. The molecule has 3 nitrogen and oxygen atoms in total. The van der Waals surface area contributed by atoms with E-state index in [1.165, 1.54) is 0 Å². The molecule has 0 N–H and O–H groups in total. The Morgan fingerprint density at radius 1 is 1.67 bits per heavy atom. The molecule has 0 saturated carbocycles. The molecular weight excluding hydrogens is 174 g/mol. The second-order valence-corrected chi connectivity index (χ2v) is 2.58. The van der Waals surface area contributed by atoms with E-state index in [0.717, 1.165) is 6.42 Å². The van der Waals surface area contributed by atoms with E-state index in [1.807, 2.05) is 41.8 Å². The summed E-state index contributed by atoms with van der Waals surface area (Å²) in [6, 6.07) is 2.21. The molecule has 0 bridgehead atoms. The van der Waals surface area contributed by atoms with Crippen LogP contribution >= 0.6 is 0 Å². The Morgan fingerprint density at radius 2 is 2.33 bits per heavy atom. The summed E-state index contributed by atoms with van der Waals surface area (Å²) in [6.07, 6.45) is 6.61. The molecular formula is C8H12ClN3. The number of aryl methyl sites for hydroxylation is 1. The van der Waals surface area contributed by atoms with Crippen molar-refractivity contribution in [3.05, 3.63) is 18.7 Å². The fraction of sp³-hybridized carbons (Fsp3) is 0.500. The molecule has 0 aliphatic rings. The van der Waals surface area contributed by atoms with Gasteiger partial charge in [-0.15, -0.1) is 0 Å². The molecule has 12 heavy (non-hydrogen) atoms. The van der Waals surface area contributed by atoms with Crippen LogP contribution in [-0.2, 0) is 7.05 Å². The lowest BCUT2D eigenvalue weighted by molar-refractivity contribution is -0.671. The SMILES string of the molecule is CCC(C#N)n1cc[n+](C)c1.[Cl-]. The highest BCUT2D eigenvalue weighted by Gasteiger charge is 2.11. The van der Waals surface area contributed by atoms with Crippen LogP contribution < -0.4 is 17.0 Å². The summed E-state index contributed by atoms with van der Waals surface area (Å²) in [7, 11) is 1.95. The van der Waals surface area contributed by atoms with Gasteiger partial charge in [0, 0.05) is 0 Å². The third-order valence-electron chi connectivity index (χ3n) is 1.69. The fourth-order valence-electron chi connectivity index (χ4n) is 1.02. The topological polar surface area (TPSA) is 32.6 Å². The molecule has 0 spiro atoms. The maximum Gasteiger partial charge on any atom is 0.244 e. The molecule has 1 aromatic heterocycles. The maximum absolute atomic E-state index is 8.71. The molecule has 1 atom stereocenters. The van der Waals surface area contributed by atoms with Crippen molar-refractivity contribution in [1.82, 2.24) is 4.57 Å². The smallest absolute Gasteiger partial charge is 0.244 e. The number of halogens is 1. The zero-order chi connectivity index (χ0) is 8.27. The highest BCUT2D eigenvalue weighted by molar-refractivity contribution is 4.89. The van der Waals surface area contributed by atoms with Crippen LogP contribution in [0.2, 0.25) is 0 Å². The van der Waals surface area contributed by atoms with E-state index in [0.29, 0.717) is 0 Å². The van der Waals surface area contributed by atoms with Gasteiger partial charge in [0.1, 0.15) is 18.5 Å². The first-order valence-electron chi connectivity index (χ1n) is 3.70. The highest BCUT2D eigenvalue weighted by atomic mass is 35.5. The quantitative estimate of drug-likeness (QED) is 0.481. The first kappa shape index (κ1) is 11.0. The largest absolute Gasteiger partial charge is 1.00 e. The van der Waals surface area contributed by atoms with Gasteiger partial charge >= 0.3 is 0 Å². The van der Waals surface area contributed by atoms with E-state index >= 15 is 0 Å². The molecule has 0 aliphatic heterocycles. The van der Waals surface area contributed by atoms with Gasteiger partial charge in [-0.1, -0.05) is 6.92 Å². The van der Waals surface area contributed by atoms with Gasteiger partial charge in [-0.05, 0) is 6.42 Å². The number of hydrogen-bond donors (Lipinski definition) is 0. The van der Waals surface area contributed by atoms with Gasteiger partial charge in [0.25, 0.3) is 0 Å². The van der Waals surface area contributed by atoms with Crippen LogP contribution in [0.25, 0.3) is 0 Å². The molecule has 4 heteroatoms. The lowest BCUT2D eigenvalue weighted by Gasteiger charge is -1.98. The molecule has 0 fully saturated rings. The Hall–Kier alpha value is -1.01. The average molecular weight is 186 g/mol. The first-order chi connectivity index (χ1) is 5.27. The predicted octanol–water partition coefficient (Wildman–Crippen LogP) is -2.21. The van der Waals surface area contributed by atoms with E-state index in [-0.39, 0.29) is 18.4 Å². The Balaban J connectivity index is 0.00000121. The summed E-state index contributed by atoms with van der Waals surface area (Å²) in [4.78, 5) is 0. The van der Waals surface area contributed by atoms with Gasteiger partial charge in [-0.3, -0.25) is 0 Å². The predicted molar refractivity (Wildman–Crippen MR) is 40.5 cm³/mol. The van der Waals surface area contributed by atoms with Crippen LogP contribution in [0.3, 0.4) is 0 Å². The zero-order valence-corrected chi connectivity index (χ0v) is 7.99. The highest BCUT2D eigenvalue weighted by Crippen LogP contribution is 2.06. The minimum absolute atomic E-state index is 0. The summed E-state index contributed by atoms with van der Waals surface area (Å²) in [5.41, 5.74) is 0. The second kappa shape index (κ2) is 4.78. The molecule has 1 heterocycles. The van der Waals surface area contributed by atoms with E-state index < -0.39 is 0 Å². The minimum atomic E-state index is -0.0174. The van der Waals surface area contributed by atoms with E-state index in [9.17, 15) is 0 Å². The molecule has 0 saturated heterocycles. The Morgan fingerprint density at radius 3 is 2.67 bits per heavy atom. The molecule has 0 radical (unpaired) electrons. The van der Waals surface area contributed by atoms with Crippen molar-refractivity contribution in [1.29, 1.82) is 5.26 Å². The van der Waals surface area contributed by atoms with E-state index in [4.69, 9.17) is 5.26 Å². The van der Waals surface area contributed by atoms with Crippen molar-refractivity contribution in [3.8, 4) is 6.07 Å². The van der Waals surface area contributed by atoms with E-state index in [2.05, 4.69) is 6.07 Å². The number of nitriles is 1. The molecule has 0 amide bonds. The van der Waals surface area contributed by atoms with Gasteiger partial charge in [0.2, 0.25) is 6.33 Å². The number of nitrogens with zero attached hydrogens (tertiary/aromatic N) is 3. The molecule has 1 unspecified atom stereocenters. The summed E-state index contributed by atoms with van der Waals surface area (Å²) in [6.45, 7) is 2.01. The van der Waals surface area contributed by atoms with Gasteiger partial charge in [0.05, 0.1) is 7.05 Å². The van der Waals surface area contributed by atoms with Crippen LogP contribution in [-0.4, -0.2) is 4.57 Å². The van der Waals surface area contributed by atoms with Crippen molar-refractivity contribution < 1.29 is 17.0 Å². The van der Waals surface area contributed by atoms with Crippen LogP contribution in [0.5, 0.6) is 0 Å². The summed E-state index contributed by atoms with van der Waals surface area (Å²) < 4.78 is 3.85. The van der Waals surface area contributed by atoms with Crippen LogP contribution in [0.4, 0.5) is 0 Å². The minimum Gasteiger partial charge on any atom is -1.00 e. The van der Waals surface area contributed by atoms with Crippen LogP contribution in [0.15, 0.2) is 18.7 Å². The number of hydrogen-bond acceptors (Lipinski definition) is 1. The van der Waals surface area contributed by atoms with Gasteiger partial charge in [0.15, 0.2) is 6.04 Å². The Kier molecular flexibility index (Phi) is 4.38. The van der Waals surface area contributed by atoms with Crippen LogP contribution in [0.1, 0.15) is 19.4 Å². The second-order valence-electron chi connectivity index (χ2n) is 2.58. The van der Waals surface area contributed by atoms with Crippen molar-refractivity contribution in [2.24, 2.45) is 7.05 Å². The van der Waals surface area contributed by atoms with Crippen molar-refractivity contribution in [2.75, 3.05) is 0 Å². The summed E-state index contributed by atoms with van der Waals surface area (Å²) in [5, 5.41) is 8.71. The Bertz CT molecular complexity index is 274. The monoisotopic (exact) mass is 185 g/mol. The number of aromatic nitrogens is 2. The summed E-state index contributed by atoms with van der Waals surface area (Å²) >= 11 is 0. The van der Waals surface area contributed by atoms with Gasteiger partial charge in [-0.25, -0.2) is 9.13 Å². The van der Waals surface area contributed by atoms with Crippen molar-refractivity contribution in [3.63, 3.8) is 0 Å². The molecule has 1 aromatic rings. The maximum atomic E-state index is 8.71. The summed E-state index contributed by atoms with van der Waals surface area (Å²) in [5.74, 6) is 0. The lowest BCUT2D eigenvalue weighted by Crippen LogP contribution is -3.00. The molecule has 0 aliphatic carbocycles. The van der Waals surface area contributed by atoms with Crippen molar-refractivity contribution in [2.45, 2.75) is 19.4 Å². The van der Waals surface area contributed by atoms with E-state index in [1.54, 1.807) is 0 Å². The zero-order valence-electron chi connectivity index (χ0n) is 7.24. The van der Waals surface area contributed by atoms with Crippen molar-refractivity contribution >= 4 is 0 Å². The fourth-order valence-corrected chi connectivity index (χ4v) is 1.02. The number of rotatable bonds is 2. The van der Waals surface area contributed by atoms with Gasteiger partial charge in [-0.2, -0.15) is 5.26 Å². The number of imidazole rings is 1. The lowest BCUT2D eigenvalue weighted by atomic mass is 10.2. The van der Waals surface area contributed by atoms with Gasteiger partial charge < -0.3 is 12.4 Å². The average Bonchev–Trinajstić information content (AvgIpc) is 2.39. The third-order valence-corrected chi connectivity index (χ3v) is 1.69. The van der Waals surface area contributed by atoms with Crippen LogP contribution in [0, 0.1) is 11.3 Å². The molecule has 0 aromatic carbocycles. The molecule has 66 valence electrons. The Labute approximate surface area is 78.7 Å². The molecule has 1 rings (SSSR count). The first-order valence-corrected chi connectivity index (χ1v) is 3.70. The third kappa shape index (κ3) is 2.24. The standard InChI is InChI=1S/C8H12N3.ClH/c1-3-8(6-9)11-5-4-10(2)7-11;/h4-5,7-8H,3H2,1-2H3;1H/q+1;/p-1.